The second-order valence-electron chi connectivity index (χ2n) is 6.42. The third kappa shape index (κ3) is 5.13. The van der Waals surface area contributed by atoms with Gasteiger partial charge in [-0.15, -0.1) is 0 Å². The Labute approximate surface area is 178 Å². The van der Waals surface area contributed by atoms with Crippen molar-refractivity contribution < 1.29 is 9.72 Å². The molecule has 0 unspecified atom stereocenters. The van der Waals surface area contributed by atoms with E-state index in [1.54, 1.807) is 36.4 Å². The van der Waals surface area contributed by atoms with Crippen LogP contribution in [0.1, 0.15) is 21.5 Å². The summed E-state index contributed by atoms with van der Waals surface area (Å²) < 4.78 is 0. The molecule has 30 heavy (non-hydrogen) atoms. The summed E-state index contributed by atoms with van der Waals surface area (Å²) in [5, 5.41) is 26.5. The van der Waals surface area contributed by atoms with Crippen molar-refractivity contribution in [2.24, 2.45) is 0 Å². The number of carbonyl (C=O) groups is 1. The average molecular weight is 421 g/mol. The molecule has 7 nitrogen and oxygen atoms in total. The topological polar surface area (TPSA) is 108 Å². The van der Waals surface area contributed by atoms with Gasteiger partial charge in [0.1, 0.15) is 5.69 Å². The molecule has 3 rings (SSSR count). The van der Waals surface area contributed by atoms with Gasteiger partial charge in [0.25, 0.3) is 11.6 Å². The van der Waals surface area contributed by atoms with Gasteiger partial charge in [0.2, 0.25) is 0 Å². The fraction of sp³-hybridized carbons (Fsp3) is 0.0909. The van der Waals surface area contributed by atoms with Crippen molar-refractivity contribution in [2.45, 2.75) is 13.0 Å². The van der Waals surface area contributed by atoms with E-state index in [-0.39, 0.29) is 23.4 Å². The Bertz CT molecular complexity index is 1120. The highest BCUT2D eigenvalue weighted by Gasteiger charge is 2.18. The highest BCUT2D eigenvalue weighted by molar-refractivity contribution is 6.31. The number of carbonyl (C=O) groups excluding carboxylic acids is 1. The SMILES string of the molecule is N#CCc1ccc(NC(=O)c2ccc(NCc3ccccc3Cl)c([N+](=O)[O-])c2)cc1. The number of nitriles is 1. The van der Waals surface area contributed by atoms with Crippen molar-refractivity contribution >= 4 is 34.6 Å². The zero-order valence-corrected chi connectivity index (χ0v) is 16.5. The largest absolute Gasteiger partial charge is 0.375 e. The zero-order valence-electron chi connectivity index (χ0n) is 15.8. The van der Waals surface area contributed by atoms with Crippen molar-refractivity contribution in [1.29, 1.82) is 5.26 Å². The van der Waals surface area contributed by atoms with Crippen LogP contribution in [0.15, 0.2) is 66.7 Å². The molecule has 0 saturated carbocycles. The summed E-state index contributed by atoms with van der Waals surface area (Å²) in [6.45, 7) is 0.307. The summed E-state index contributed by atoms with van der Waals surface area (Å²) in [5.74, 6) is -0.469. The third-order valence-corrected chi connectivity index (χ3v) is 4.75. The molecule has 3 aromatic rings. The van der Waals surface area contributed by atoms with Crippen LogP contribution in [0.5, 0.6) is 0 Å². The van der Waals surface area contributed by atoms with Gasteiger partial charge in [0, 0.05) is 28.9 Å². The van der Waals surface area contributed by atoms with Crippen LogP contribution in [0.25, 0.3) is 0 Å². The molecule has 3 aromatic carbocycles. The number of nitrogens with one attached hydrogen (secondary N) is 2. The Morgan fingerprint density at radius 2 is 1.83 bits per heavy atom. The maximum absolute atomic E-state index is 12.5. The van der Waals surface area contributed by atoms with Crippen LogP contribution < -0.4 is 10.6 Å². The van der Waals surface area contributed by atoms with E-state index >= 15 is 0 Å². The molecule has 8 heteroatoms. The normalized spacial score (nSPS) is 10.1. The van der Waals surface area contributed by atoms with E-state index < -0.39 is 10.8 Å². The second-order valence-corrected chi connectivity index (χ2v) is 6.83. The predicted octanol–water partition coefficient (Wildman–Crippen LogP) is 5.18. The lowest BCUT2D eigenvalue weighted by Crippen LogP contribution is -2.13. The number of hydrogen-bond donors (Lipinski definition) is 2. The van der Waals surface area contributed by atoms with Crippen molar-refractivity contribution in [3.8, 4) is 6.07 Å². The smallest absolute Gasteiger partial charge is 0.293 e. The third-order valence-electron chi connectivity index (χ3n) is 4.38. The first-order valence-corrected chi connectivity index (χ1v) is 9.38. The monoisotopic (exact) mass is 420 g/mol. The van der Waals surface area contributed by atoms with Gasteiger partial charge < -0.3 is 10.6 Å². The van der Waals surface area contributed by atoms with Crippen LogP contribution in [0.3, 0.4) is 0 Å². The van der Waals surface area contributed by atoms with Gasteiger partial charge in [0.15, 0.2) is 0 Å². The minimum absolute atomic E-state index is 0.158. The average Bonchev–Trinajstić information content (AvgIpc) is 2.74. The Morgan fingerprint density at radius 1 is 1.10 bits per heavy atom. The molecule has 0 aliphatic heterocycles. The molecule has 0 spiro atoms. The lowest BCUT2D eigenvalue weighted by atomic mass is 10.1. The predicted molar refractivity (Wildman–Crippen MR) is 116 cm³/mol. The molecule has 2 N–H and O–H groups in total. The number of nitro benzene ring substituents is 1. The highest BCUT2D eigenvalue weighted by Crippen LogP contribution is 2.27. The molecule has 0 atom stereocenters. The van der Waals surface area contributed by atoms with E-state index in [2.05, 4.69) is 16.7 Å². The standard InChI is InChI=1S/C22H17ClN4O3/c23-19-4-2-1-3-17(19)14-25-20-10-7-16(13-21(20)27(29)30)22(28)26-18-8-5-15(6-9-18)11-12-24/h1-10,13,25H,11,14H2,(H,26,28). The number of halogens is 1. The molecule has 0 fully saturated rings. The fourth-order valence-corrected chi connectivity index (χ4v) is 3.01. The molecule has 0 heterocycles. The van der Waals surface area contributed by atoms with Crippen LogP contribution in [-0.2, 0) is 13.0 Å². The molecule has 1 amide bonds. The summed E-state index contributed by atoms with van der Waals surface area (Å²) in [7, 11) is 0. The van der Waals surface area contributed by atoms with Crippen molar-refractivity contribution in [3.05, 3.63) is 98.6 Å². The number of nitro groups is 1. The molecule has 0 aliphatic carbocycles. The van der Waals surface area contributed by atoms with Gasteiger partial charge in [-0.3, -0.25) is 14.9 Å². The van der Waals surface area contributed by atoms with Gasteiger partial charge in [-0.1, -0.05) is 41.9 Å². The molecular weight excluding hydrogens is 404 g/mol. The van der Waals surface area contributed by atoms with Crippen molar-refractivity contribution in [1.82, 2.24) is 0 Å². The van der Waals surface area contributed by atoms with E-state index in [4.69, 9.17) is 16.9 Å². The van der Waals surface area contributed by atoms with Crippen LogP contribution in [-0.4, -0.2) is 10.8 Å². The zero-order chi connectivity index (χ0) is 21.5. The summed E-state index contributed by atoms with van der Waals surface area (Å²) in [4.78, 5) is 23.5. The Kier molecular flexibility index (Phi) is 6.63. The quantitative estimate of drug-likeness (QED) is 0.404. The van der Waals surface area contributed by atoms with E-state index in [0.29, 0.717) is 17.3 Å². The van der Waals surface area contributed by atoms with E-state index in [0.717, 1.165) is 11.1 Å². The summed E-state index contributed by atoms with van der Waals surface area (Å²) in [6.07, 6.45) is 0.281. The molecule has 0 aromatic heterocycles. The van der Waals surface area contributed by atoms with E-state index in [1.807, 2.05) is 12.1 Å². The first kappa shape index (κ1) is 20.8. The molecule has 150 valence electrons. The summed E-state index contributed by atoms with van der Waals surface area (Å²) >= 11 is 6.12. The van der Waals surface area contributed by atoms with Gasteiger partial charge >= 0.3 is 0 Å². The van der Waals surface area contributed by atoms with Crippen molar-refractivity contribution in [2.75, 3.05) is 10.6 Å². The molecule has 0 bridgehead atoms. The highest BCUT2D eigenvalue weighted by atomic mass is 35.5. The van der Waals surface area contributed by atoms with E-state index in [9.17, 15) is 14.9 Å². The number of benzene rings is 3. The maximum atomic E-state index is 12.5. The lowest BCUT2D eigenvalue weighted by Gasteiger charge is -2.10. The Balaban J connectivity index is 1.75. The van der Waals surface area contributed by atoms with Crippen LogP contribution in [0.4, 0.5) is 17.1 Å². The lowest BCUT2D eigenvalue weighted by molar-refractivity contribution is -0.384. The number of anilines is 2. The first-order valence-electron chi connectivity index (χ1n) is 9.01. The number of hydrogen-bond acceptors (Lipinski definition) is 5. The minimum Gasteiger partial charge on any atom is -0.375 e. The van der Waals surface area contributed by atoms with Crippen LogP contribution in [0.2, 0.25) is 5.02 Å². The molecular formula is C22H17ClN4O3. The van der Waals surface area contributed by atoms with Gasteiger partial charge in [0.05, 0.1) is 17.4 Å². The summed E-state index contributed by atoms with van der Waals surface area (Å²) in [6, 6.07) is 20.3. The van der Waals surface area contributed by atoms with Crippen molar-refractivity contribution in [3.63, 3.8) is 0 Å². The van der Waals surface area contributed by atoms with Crippen LogP contribution >= 0.6 is 11.6 Å². The number of nitrogens with zero attached hydrogens (tertiary/aromatic N) is 2. The van der Waals surface area contributed by atoms with Gasteiger partial charge in [-0.2, -0.15) is 5.26 Å². The van der Waals surface area contributed by atoms with Gasteiger partial charge in [-0.25, -0.2) is 0 Å². The number of amides is 1. The molecule has 0 saturated heterocycles. The summed E-state index contributed by atoms with van der Waals surface area (Å²) in [5.41, 5.74) is 2.41. The maximum Gasteiger partial charge on any atom is 0.293 e. The van der Waals surface area contributed by atoms with E-state index in [1.165, 1.54) is 18.2 Å². The Morgan fingerprint density at radius 3 is 2.50 bits per heavy atom. The minimum atomic E-state index is -0.539. The Hall–Kier alpha value is -3.89. The van der Waals surface area contributed by atoms with Crippen LogP contribution in [0, 0.1) is 21.4 Å². The fourth-order valence-electron chi connectivity index (χ4n) is 2.81. The van der Waals surface area contributed by atoms with Gasteiger partial charge in [-0.05, 0) is 41.5 Å². The number of rotatable bonds is 7. The molecule has 0 radical (unpaired) electrons. The second kappa shape index (κ2) is 9.54. The molecule has 0 aliphatic rings. The first-order chi connectivity index (χ1) is 14.5.